The Labute approximate surface area is 291 Å². The van der Waals surface area contributed by atoms with Gasteiger partial charge in [-0.3, -0.25) is 4.79 Å². The molecule has 3 rings (SSSR count). The molecular formula is C34H47N5O11. The molecule has 1 saturated carbocycles. The van der Waals surface area contributed by atoms with Crippen LogP contribution in [0.1, 0.15) is 50.7 Å². The van der Waals surface area contributed by atoms with Gasteiger partial charge in [-0.15, -0.1) is 20.2 Å². The zero-order chi connectivity index (χ0) is 36.8. The van der Waals surface area contributed by atoms with Crippen molar-refractivity contribution in [3.8, 4) is 23.3 Å². The van der Waals surface area contributed by atoms with Crippen LogP contribution < -0.4 is 19.5 Å². The van der Waals surface area contributed by atoms with Crippen molar-refractivity contribution in [3.05, 3.63) is 73.8 Å². The van der Waals surface area contributed by atoms with Crippen molar-refractivity contribution >= 4 is 5.91 Å². The Morgan fingerprint density at radius 1 is 1.00 bits per heavy atom. The third-order valence-corrected chi connectivity index (χ3v) is 9.10. The van der Waals surface area contributed by atoms with Crippen LogP contribution in [0.25, 0.3) is 0 Å². The van der Waals surface area contributed by atoms with E-state index in [1.54, 1.807) is 26.4 Å². The molecule has 1 aliphatic rings. The summed E-state index contributed by atoms with van der Waals surface area (Å²) < 4.78 is 22.0. The van der Waals surface area contributed by atoms with Gasteiger partial charge in [-0.25, -0.2) is 0 Å². The van der Waals surface area contributed by atoms with E-state index in [0.717, 1.165) is 17.5 Å². The molecule has 5 unspecified atom stereocenters. The first-order valence-corrected chi connectivity index (χ1v) is 16.4. The number of likely N-dealkylation sites (N-methyl/N-ethyl adjacent to an activating group) is 1. The van der Waals surface area contributed by atoms with Gasteiger partial charge in [-0.2, -0.15) is 5.26 Å². The number of nitrogens with one attached hydrogen (secondary N) is 1. The molecule has 1 amide bonds. The molecular weight excluding hydrogens is 654 g/mol. The first-order chi connectivity index (χ1) is 23.9. The third kappa shape index (κ3) is 10.3. The van der Waals surface area contributed by atoms with Crippen molar-refractivity contribution in [2.24, 2.45) is 5.92 Å². The highest BCUT2D eigenvalue weighted by Gasteiger charge is 2.46. The molecule has 1 fully saturated rings. The molecule has 0 spiro atoms. The van der Waals surface area contributed by atoms with E-state index in [0.29, 0.717) is 43.2 Å². The van der Waals surface area contributed by atoms with Gasteiger partial charge >= 0.3 is 0 Å². The molecule has 0 saturated heterocycles. The number of amides is 1. The highest BCUT2D eigenvalue weighted by molar-refractivity contribution is 5.77. The first kappa shape index (κ1) is 39.6. The molecule has 0 radical (unpaired) electrons. The van der Waals surface area contributed by atoms with E-state index in [4.69, 9.17) is 28.6 Å². The highest BCUT2D eigenvalue weighted by atomic mass is 17.0. The summed E-state index contributed by atoms with van der Waals surface area (Å²) >= 11 is 0. The van der Waals surface area contributed by atoms with Crippen LogP contribution in [0, 0.1) is 37.5 Å². The van der Waals surface area contributed by atoms with Gasteiger partial charge in [-0.1, -0.05) is 38.1 Å². The lowest BCUT2D eigenvalue weighted by Gasteiger charge is -2.40. The summed E-state index contributed by atoms with van der Waals surface area (Å²) in [7, 11) is 6.43. The van der Waals surface area contributed by atoms with E-state index in [9.17, 15) is 30.3 Å². The van der Waals surface area contributed by atoms with Crippen molar-refractivity contribution in [1.29, 1.82) is 5.26 Å². The minimum absolute atomic E-state index is 0.0390. The van der Waals surface area contributed by atoms with E-state index in [1.807, 2.05) is 51.2 Å². The van der Waals surface area contributed by atoms with E-state index in [2.05, 4.69) is 16.3 Å². The Kier molecular flexibility index (Phi) is 14.8. The average Bonchev–Trinajstić information content (AvgIpc) is 3.08. The molecule has 2 aromatic carbocycles. The highest BCUT2D eigenvalue weighted by Crippen LogP contribution is 2.40. The number of hydrogen-bond donors (Lipinski definition) is 1. The van der Waals surface area contributed by atoms with Crippen LogP contribution >= 0.6 is 0 Å². The number of nitriles is 1. The molecule has 50 heavy (non-hydrogen) atoms. The Morgan fingerprint density at radius 2 is 1.68 bits per heavy atom. The first-order valence-electron chi connectivity index (χ1n) is 16.4. The van der Waals surface area contributed by atoms with Crippen molar-refractivity contribution < 1.29 is 43.6 Å². The normalized spacial score (nSPS) is 19.9. The minimum atomic E-state index is -1.41. The largest absolute Gasteiger partial charge is 0.493 e. The fourth-order valence-corrected chi connectivity index (χ4v) is 6.41. The van der Waals surface area contributed by atoms with Gasteiger partial charge in [0.05, 0.1) is 31.7 Å². The van der Waals surface area contributed by atoms with Gasteiger partial charge in [0.15, 0.2) is 17.6 Å². The molecule has 1 aliphatic carbocycles. The van der Waals surface area contributed by atoms with Crippen molar-refractivity contribution in [1.82, 2.24) is 10.2 Å². The topological polar surface area (TPSA) is 198 Å². The number of carbonyl (C=O) groups excluding carboxylic acids is 1. The average molecular weight is 702 g/mol. The zero-order valence-corrected chi connectivity index (χ0v) is 29.4. The molecule has 2 aromatic rings. The Hall–Kier alpha value is -4.88. The molecule has 0 aliphatic heterocycles. The van der Waals surface area contributed by atoms with Gasteiger partial charge in [0.1, 0.15) is 24.6 Å². The maximum atomic E-state index is 12.4. The molecule has 0 heterocycles. The monoisotopic (exact) mass is 701 g/mol. The van der Waals surface area contributed by atoms with Crippen LogP contribution in [0.5, 0.6) is 17.2 Å². The quantitative estimate of drug-likeness (QED) is 0.154. The van der Waals surface area contributed by atoms with Crippen LogP contribution in [0.2, 0.25) is 0 Å². The minimum Gasteiger partial charge on any atom is -0.493 e. The number of nitrogens with zero attached hydrogens (tertiary/aromatic N) is 4. The number of rotatable bonds is 20. The molecule has 0 aromatic heterocycles. The number of methoxy groups -OCH3 is 3. The Morgan fingerprint density at radius 3 is 2.30 bits per heavy atom. The molecule has 274 valence electrons. The van der Waals surface area contributed by atoms with Crippen LogP contribution in [0.3, 0.4) is 0 Å². The van der Waals surface area contributed by atoms with E-state index >= 15 is 0 Å². The van der Waals surface area contributed by atoms with Gasteiger partial charge in [0, 0.05) is 13.7 Å². The summed E-state index contributed by atoms with van der Waals surface area (Å²) in [6.07, 6.45) is -1.41. The van der Waals surface area contributed by atoms with Gasteiger partial charge in [-0.05, 0) is 80.9 Å². The smallest absolute Gasteiger partial charge is 0.294 e. The van der Waals surface area contributed by atoms with E-state index in [1.165, 1.54) is 7.11 Å². The third-order valence-electron chi connectivity index (χ3n) is 9.10. The maximum Gasteiger partial charge on any atom is 0.294 e. The summed E-state index contributed by atoms with van der Waals surface area (Å²) in [5, 5.41) is 33.6. The van der Waals surface area contributed by atoms with Crippen LogP contribution in [0.4, 0.5) is 0 Å². The van der Waals surface area contributed by atoms with Gasteiger partial charge in [0.25, 0.3) is 10.2 Å². The number of benzene rings is 2. The second kappa shape index (κ2) is 18.8. The predicted molar refractivity (Wildman–Crippen MR) is 180 cm³/mol. The summed E-state index contributed by atoms with van der Waals surface area (Å²) in [4.78, 5) is 47.0. The molecule has 16 heteroatoms. The molecule has 0 bridgehead atoms. The van der Waals surface area contributed by atoms with E-state index < -0.39 is 45.8 Å². The van der Waals surface area contributed by atoms with Gasteiger partial charge in [0.2, 0.25) is 5.91 Å². The molecule has 5 atom stereocenters. The summed E-state index contributed by atoms with van der Waals surface area (Å²) in [5.74, 6) is 1.03. The number of carbonyl (C=O) groups is 1. The summed E-state index contributed by atoms with van der Waals surface area (Å²) in [6, 6.07) is 14.2. The SMILES string of the molecule is COCC(=O)NC1C(O[N+](=O)[O-])CCC(Oc2ccccc2CCN(C)CCCC(C#N)(c2ccc(OC)c(OC)c2)C(C)C)C1O[N+](=O)[O-]. The second-order valence-electron chi connectivity index (χ2n) is 12.5. The maximum absolute atomic E-state index is 12.4. The lowest BCUT2D eigenvalue weighted by molar-refractivity contribution is -0.783. The number of para-hydroxylation sites is 1. The van der Waals surface area contributed by atoms with Crippen molar-refractivity contribution in [3.63, 3.8) is 0 Å². The fraction of sp³-hybridized carbons (Fsp3) is 0.588. The molecule has 16 nitrogen and oxygen atoms in total. The zero-order valence-electron chi connectivity index (χ0n) is 29.4. The Balaban J connectivity index is 1.71. The predicted octanol–water partition coefficient (Wildman–Crippen LogP) is 3.90. The second-order valence-corrected chi connectivity index (χ2v) is 12.5. The van der Waals surface area contributed by atoms with E-state index in [-0.39, 0.29) is 25.4 Å². The fourth-order valence-electron chi connectivity index (χ4n) is 6.41. The van der Waals surface area contributed by atoms with Crippen LogP contribution in [0.15, 0.2) is 42.5 Å². The number of hydrogen-bond acceptors (Lipinski definition) is 13. The van der Waals surface area contributed by atoms with Crippen LogP contribution in [-0.4, -0.2) is 93.4 Å². The Bertz CT molecular complexity index is 1490. The standard InChI is InChI=1S/C34H47N5O11/c1-23(2)34(22-35,25-12-13-27(46-5)30(20-25)47-6)17-9-18-37(3)19-16-24-10-7-8-11-26(24)48-29-15-14-28(49-38(41)42)32(33(29)50-39(43)44)36-31(40)21-45-4/h7-8,10-13,20,23,28-29,32-33H,9,14-19,21H2,1-6H3,(H,36,40). The number of ether oxygens (including phenoxy) is 4. The van der Waals surface area contributed by atoms with Crippen LogP contribution in [-0.2, 0) is 31.0 Å². The molecule has 1 N–H and O–H groups in total. The summed E-state index contributed by atoms with van der Waals surface area (Å²) in [5.41, 5.74) is 0.982. The van der Waals surface area contributed by atoms with Gasteiger partial charge < -0.3 is 38.8 Å². The lowest BCUT2D eigenvalue weighted by atomic mass is 9.69. The summed E-state index contributed by atoms with van der Waals surface area (Å²) in [6.45, 7) is 5.07. The van der Waals surface area contributed by atoms with Crippen molar-refractivity contribution in [2.45, 2.75) is 75.7 Å². The van der Waals surface area contributed by atoms with Crippen molar-refractivity contribution in [2.75, 3.05) is 48.1 Å². The lowest BCUT2D eigenvalue weighted by Crippen LogP contribution is -2.62.